The maximum Gasteiger partial charge on any atom is 0.339 e. The lowest BCUT2D eigenvalue weighted by molar-refractivity contribution is 0.0697. The first-order valence-electron chi connectivity index (χ1n) is 8.91. The van der Waals surface area contributed by atoms with Gasteiger partial charge in [-0.05, 0) is 54.1 Å². The Hall–Kier alpha value is -3.65. The van der Waals surface area contributed by atoms with Crippen LogP contribution in [-0.2, 0) is 6.61 Å². The molecule has 152 valence electrons. The largest absolute Gasteiger partial charge is 0.488 e. The Morgan fingerprint density at radius 1 is 1.00 bits per heavy atom. The van der Waals surface area contributed by atoms with Crippen molar-refractivity contribution >= 4 is 39.8 Å². The van der Waals surface area contributed by atoms with Crippen molar-refractivity contribution in [3.63, 3.8) is 0 Å². The van der Waals surface area contributed by atoms with E-state index >= 15 is 0 Å². The van der Waals surface area contributed by atoms with Crippen molar-refractivity contribution in [3.8, 4) is 5.75 Å². The van der Waals surface area contributed by atoms with E-state index in [0.717, 1.165) is 10.0 Å². The molecule has 0 unspecified atom stereocenters. The van der Waals surface area contributed by atoms with Gasteiger partial charge in [0, 0.05) is 15.7 Å². The summed E-state index contributed by atoms with van der Waals surface area (Å²) in [5.41, 5.74) is 4.79. The molecule has 0 atom stereocenters. The molecule has 8 heteroatoms. The van der Waals surface area contributed by atoms with Crippen LogP contribution >= 0.6 is 15.9 Å². The molecular weight excluding hydrogens is 450 g/mol. The summed E-state index contributed by atoms with van der Waals surface area (Å²) in [6.45, 7) is 0.266. The number of amides is 2. The van der Waals surface area contributed by atoms with Gasteiger partial charge in [0.2, 0.25) is 0 Å². The molecule has 3 aromatic rings. The minimum Gasteiger partial charge on any atom is -0.488 e. The number of hydrogen-bond acceptors (Lipinski definition) is 4. The number of ether oxygens (including phenoxy) is 1. The molecule has 0 aromatic heterocycles. The van der Waals surface area contributed by atoms with Gasteiger partial charge >= 0.3 is 12.0 Å². The number of anilines is 1. The second-order valence-electron chi connectivity index (χ2n) is 6.16. The summed E-state index contributed by atoms with van der Waals surface area (Å²) < 4.78 is 6.73. The van der Waals surface area contributed by atoms with Gasteiger partial charge < -0.3 is 15.2 Å². The molecule has 0 aliphatic carbocycles. The number of nitrogens with zero attached hydrogens (tertiary/aromatic N) is 1. The van der Waals surface area contributed by atoms with Crippen LogP contribution in [0.3, 0.4) is 0 Å². The van der Waals surface area contributed by atoms with Crippen LogP contribution in [0.1, 0.15) is 21.5 Å². The Bertz CT molecular complexity index is 1050. The van der Waals surface area contributed by atoms with Crippen LogP contribution in [0.15, 0.2) is 82.4 Å². The number of halogens is 1. The number of hydrogen-bond donors (Lipinski definition) is 3. The van der Waals surface area contributed by atoms with E-state index in [4.69, 9.17) is 9.84 Å². The molecular formula is C22H18BrN3O4. The highest BCUT2D eigenvalue weighted by atomic mass is 79.9. The van der Waals surface area contributed by atoms with Gasteiger partial charge in [-0.3, -0.25) is 0 Å². The Balaban J connectivity index is 1.57. The molecule has 3 aromatic carbocycles. The predicted octanol–water partition coefficient (Wildman–Crippen LogP) is 4.88. The molecule has 0 aliphatic heterocycles. The van der Waals surface area contributed by atoms with Gasteiger partial charge in [-0.25, -0.2) is 15.0 Å². The van der Waals surface area contributed by atoms with Gasteiger partial charge in [-0.15, -0.1) is 0 Å². The van der Waals surface area contributed by atoms with Crippen molar-refractivity contribution in [2.75, 3.05) is 5.32 Å². The van der Waals surface area contributed by atoms with Gasteiger partial charge in [0.1, 0.15) is 12.4 Å². The summed E-state index contributed by atoms with van der Waals surface area (Å²) in [7, 11) is 0. The van der Waals surface area contributed by atoms with Gasteiger partial charge in [0.05, 0.1) is 11.8 Å². The number of urea groups is 1. The normalized spacial score (nSPS) is 10.6. The van der Waals surface area contributed by atoms with E-state index in [1.165, 1.54) is 18.3 Å². The number of benzene rings is 3. The maximum atomic E-state index is 11.9. The van der Waals surface area contributed by atoms with E-state index in [1.54, 1.807) is 36.4 Å². The second-order valence-corrected chi connectivity index (χ2v) is 7.08. The minimum atomic E-state index is -0.972. The van der Waals surface area contributed by atoms with E-state index < -0.39 is 12.0 Å². The van der Waals surface area contributed by atoms with Crippen molar-refractivity contribution in [2.45, 2.75) is 6.61 Å². The average Bonchev–Trinajstić information content (AvgIpc) is 2.75. The van der Waals surface area contributed by atoms with Crippen LogP contribution in [0.4, 0.5) is 10.5 Å². The molecule has 0 aliphatic rings. The molecule has 3 N–H and O–H groups in total. The van der Waals surface area contributed by atoms with Crippen LogP contribution in [0, 0.1) is 0 Å². The quantitative estimate of drug-likeness (QED) is 0.340. The molecule has 0 bridgehead atoms. The molecule has 2 amide bonds. The number of nitrogens with one attached hydrogen (secondary N) is 2. The number of hydrazone groups is 1. The molecule has 0 heterocycles. The number of carboxylic acids is 1. The third-order valence-corrected chi connectivity index (χ3v) is 4.51. The average molecular weight is 468 g/mol. The van der Waals surface area contributed by atoms with Crippen LogP contribution in [0.5, 0.6) is 5.75 Å². The Morgan fingerprint density at radius 2 is 1.70 bits per heavy atom. The van der Waals surface area contributed by atoms with Gasteiger partial charge in [0.15, 0.2) is 0 Å². The summed E-state index contributed by atoms with van der Waals surface area (Å²) in [6.07, 6.45) is 1.49. The molecule has 0 fully saturated rings. The number of carbonyl (C=O) groups excluding carboxylic acids is 1. The first-order chi connectivity index (χ1) is 14.5. The predicted molar refractivity (Wildman–Crippen MR) is 118 cm³/mol. The number of carbonyl (C=O) groups is 2. The van der Waals surface area contributed by atoms with Crippen molar-refractivity contribution < 1.29 is 19.4 Å². The summed E-state index contributed by atoms with van der Waals surface area (Å²) in [4.78, 5) is 22.9. The van der Waals surface area contributed by atoms with E-state index in [0.29, 0.717) is 17.0 Å². The lowest BCUT2D eigenvalue weighted by Gasteiger charge is -2.09. The summed E-state index contributed by atoms with van der Waals surface area (Å²) in [5.74, 6) is -0.389. The number of rotatable bonds is 7. The molecule has 3 rings (SSSR count). The number of aromatic carboxylic acids is 1. The standard InChI is InChI=1S/C22H18BrN3O4/c23-18-9-11-19(12-10-18)25-22(29)26-24-13-17-3-1-2-4-20(17)30-14-15-5-7-16(8-6-15)21(27)28/h1-13H,14H2,(H,27,28)(H2,25,26,29)/b24-13+. The number of para-hydroxylation sites is 1. The van der Waals surface area contributed by atoms with Crippen molar-refractivity contribution in [1.29, 1.82) is 0 Å². The van der Waals surface area contributed by atoms with Gasteiger partial charge in [0.25, 0.3) is 0 Å². The number of carboxylic acid groups (broad SMARTS) is 1. The van der Waals surface area contributed by atoms with Crippen molar-refractivity contribution in [2.24, 2.45) is 5.10 Å². The van der Waals surface area contributed by atoms with Crippen molar-refractivity contribution in [3.05, 3.63) is 94.0 Å². The zero-order valence-corrected chi connectivity index (χ0v) is 17.3. The fraction of sp³-hybridized carbons (Fsp3) is 0.0455. The minimum absolute atomic E-state index is 0.221. The Labute approximate surface area is 181 Å². The molecule has 7 nitrogen and oxygen atoms in total. The van der Waals surface area contributed by atoms with E-state index in [2.05, 4.69) is 31.8 Å². The molecule has 0 spiro atoms. The Morgan fingerprint density at radius 3 is 2.40 bits per heavy atom. The fourth-order valence-electron chi connectivity index (χ4n) is 2.48. The zero-order valence-electron chi connectivity index (χ0n) is 15.7. The van der Waals surface area contributed by atoms with E-state index in [-0.39, 0.29) is 12.2 Å². The molecule has 0 saturated heterocycles. The molecule has 30 heavy (non-hydrogen) atoms. The van der Waals surface area contributed by atoms with E-state index in [1.807, 2.05) is 24.3 Å². The highest BCUT2D eigenvalue weighted by Crippen LogP contribution is 2.18. The smallest absolute Gasteiger partial charge is 0.339 e. The van der Waals surface area contributed by atoms with Crippen LogP contribution in [0.25, 0.3) is 0 Å². The highest BCUT2D eigenvalue weighted by Gasteiger charge is 2.05. The fourth-order valence-corrected chi connectivity index (χ4v) is 2.74. The van der Waals surface area contributed by atoms with E-state index in [9.17, 15) is 9.59 Å². The second kappa shape index (κ2) is 10.2. The Kier molecular flexibility index (Phi) is 7.18. The van der Waals surface area contributed by atoms with Crippen LogP contribution in [-0.4, -0.2) is 23.3 Å². The SMILES string of the molecule is O=C(N/N=C/c1ccccc1OCc1ccc(C(=O)O)cc1)Nc1ccc(Br)cc1. The monoisotopic (exact) mass is 467 g/mol. The summed E-state index contributed by atoms with van der Waals surface area (Å²) >= 11 is 3.34. The van der Waals surface area contributed by atoms with Crippen molar-refractivity contribution in [1.82, 2.24) is 5.43 Å². The third kappa shape index (κ3) is 6.18. The zero-order chi connectivity index (χ0) is 21.3. The summed E-state index contributed by atoms with van der Waals surface area (Å²) in [6, 6.07) is 20.4. The van der Waals surface area contributed by atoms with Crippen LogP contribution in [0.2, 0.25) is 0 Å². The molecule has 0 saturated carbocycles. The summed E-state index contributed by atoms with van der Waals surface area (Å²) in [5, 5.41) is 15.6. The molecule has 0 radical (unpaired) electrons. The van der Waals surface area contributed by atoms with Crippen LogP contribution < -0.4 is 15.5 Å². The highest BCUT2D eigenvalue weighted by molar-refractivity contribution is 9.10. The van der Waals surface area contributed by atoms with Gasteiger partial charge in [-0.1, -0.05) is 40.2 Å². The lowest BCUT2D eigenvalue weighted by atomic mass is 10.1. The van der Waals surface area contributed by atoms with Gasteiger partial charge in [-0.2, -0.15) is 5.10 Å². The first kappa shape index (κ1) is 21.1. The third-order valence-electron chi connectivity index (χ3n) is 3.99. The topological polar surface area (TPSA) is 100 Å². The maximum absolute atomic E-state index is 11.9. The first-order valence-corrected chi connectivity index (χ1v) is 9.70. The lowest BCUT2D eigenvalue weighted by Crippen LogP contribution is -2.24.